The van der Waals surface area contributed by atoms with E-state index in [2.05, 4.69) is 68.9 Å². The zero-order valence-electron chi connectivity index (χ0n) is 12.3. The highest BCUT2D eigenvalue weighted by molar-refractivity contribution is 9.11. The lowest BCUT2D eigenvalue weighted by molar-refractivity contribution is 0.319. The van der Waals surface area contributed by atoms with E-state index in [9.17, 15) is 0 Å². The molecule has 1 N–H and O–H groups in total. The lowest BCUT2D eigenvalue weighted by Gasteiger charge is -2.16. The van der Waals surface area contributed by atoms with Crippen LogP contribution in [0.4, 0.5) is 0 Å². The molecule has 0 atom stereocenters. The van der Waals surface area contributed by atoms with Crippen LogP contribution < -0.4 is 5.32 Å². The van der Waals surface area contributed by atoms with Gasteiger partial charge in [-0.3, -0.25) is 4.90 Å². The molecule has 0 saturated heterocycles. The normalized spacial score (nSPS) is 14.8. The molecule has 2 aromatic rings. The summed E-state index contributed by atoms with van der Waals surface area (Å²) < 4.78 is 1.21. The van der Waals surface area contributed by atoms with E-state index >= 15 is 0 Å². The van der Waals surface area contributed by atoms with Gasteiger partial charge in [-0.2, -0.15) is 0 Å². The molecule has 0 unspecified atom stereocenters. The molecule has 1 aromatic carbocycles. The highest BCUT2D eigenvalue weighted by Gasteiger charge is 2.19. The molecule has 4 heteroatoms. The van der Waals surface area contributed by atoms with Crippen LogP contribution in [0.3, 0.4) is 0 Å². The Morgan fingerprint density at radius 2 is 1.95 bits per heavy atom. The lowest BCUT2D eigenvalue weighted by atomic mass is 10.1. The van der Waals surface area contributed by atoms with E-state index in [-0.39, 0.29) is 0 Å². The number of benzene rings is 1. The van der Waals surface area contributed by atoms with E-state index in [1.807, 2.05) is 0 Å². The summed E-state index contributed by atoms with van der Waals surface area (Å²) >= 11 is 5.28. The second-order valence-electron chi connectivity index (χ2n) is 5.91. The maximum atomic E-state index is 3.58. The van der Waals surface area contributed by atoms with Crippen molar-refractivity contribution in [2.24, 2.45) is 0 Å². The van der Waals surface area contributed by atoms with Crippen LogP contribution in [0.5, 0.6) is 0 Å². The first-order valence-corrected chi connectivity index (χ1v) is 9.09. The Kier molecular flexibility index (Phi) is 5.11. The van der Waals surface area contributed by atoms with Crippen LogP contribution in [-0.2, 0) is 19.6 Å². The molecule has 0 spiro atoms. The van der Waals surface area contributed by atoms with Gasteiger partial charge in [-0.05, 0) is 64.0 Å². The summed E-state index contributed by atoms with van der Waals surface area (Å²) in [6, 6.07) is 11.9. The van der Waals surface area contributed by atoms with Crippen molar-refractivity contribution in [1.82, 2.24) is 10.2 Å². The molecule has 1 saturated carbocycles. The number of hydrogen-bond donors (Lipinski definition) is 1. The number of thiophene rings is 1. The third kappa shape index (κ3) is 4.92. The fourth-order valence-corrected chi connectivity index (χ4v) is 3.70. The van der Waals surface area contributed by atoms with Gasteiger partial charge in [-0.1, -0.05) is 24.3 Å². The zero-order valence-corrected chi connectivity index (χ0v) is 14.7. The molecular formula is C17H21BrN2S. The molecular weight excluding hydrogens is 344 g/mol. The van der Waals surface area contributed by atoms with Crippen molar-refractivity contribution in [2.45, 2.75) is 38.5 Å². The third-order valence-electron chi connectivity index (χ3n) is 3.69. The van der Waals surface area contributed by atoms with E-state index < -0.39 is 0 Å². The van der Waals surface area contributed by atoms with Crippen molar-refractivity contribution >= 4 is 27.3 Å². The maximum Gasteiger partial charge on any atom is 0.0701 e. The molecule has 2 nitrogen and oxygen atoms in total. The SMILES string of the molecule is CN(Cc1cccc(CNC2CC2)c1)Cc1csc(Br)c1. The van der Waals surface area contributed by atoms with Gasteiger partial charge in [0.2, 0.25) is 0 Å². The van der Waals surface area contributed by atoms with Gasteiger partial charge in [0.1, 0.15) is 0 Å². The van der Waals surface area contributed by atoms with Crippen LogP contribution >= 0.6 is 27.3 Å². The molecule has 3 rings (SSSR count). The average molecular weight is 365 g/mol. The number of hydrogen-bond acceptors (Lipinski definition) is 3. The first-order valence-electron chi connectivity index (χ1n) is 7.42. The van der Waals surface area contributed by atoms with Crippen LogP contribution in [-0.4, -0.2) is 18.0 Å². The van der Waals surface area contributed by atoms with Gasteiger partial charge in [0.15, 0.2) is 0 Å². The van der Waals surface area contributed by atoms with Gasteiger partial charge in [-0.15, -0.1) is 11.3 Å². The Bertz CT molecular complexity index is 592. The van der Waals surface area contributed by atoms with Gasteiger partial charge in [0.05, 0.1) is 3.79 Å². The molecule has 1 aliphatic rings. The standard InChI is InChI=1S/C17H21BrN2S/c1-20(11-15-8-17(18)21-12-15)10-14-4-2-3-13(7-14)9-19-16-5-6-16/h2-4,7-8,12,16,19H,5-6,9-11H2,1H3. The smallest absolute Gasteiger partial charge is 0.0701 e. The van der Waals surface area contributed by atoms with E-state index in [0.717, 1.165) is 25.7 Å². The van der Waals surface area contributed by atoms with Crippen LogP contribution in [0.25, 0.3) is 0 Å². The van der Waals surface area contributed by atoms with Crippen molar-refractivity contribution in [3.8, 4) is 0 Å². The third-order valence-corrected chi connectivity index (χ3v) is 5.24. The van der Waals surface area contributed by atoms with E-state index in [4.69, 9.17) is 0 Å². The molecule has 1 heterocycles. The number of nitrogens with one attached hydrogen (secondary N) is 1. The topological polar surface area (TPSA) is 15.3 Å². The zero-order chi connectivity index (χ0) is 14.7. The highest BCUT2D eigenvalue weighted by atomic mass is 79.9. The minimum Gasteiger partial charge on any atom is -0.310 e. The molecule has 0 radical (unpaired) electrons. The molecule has 0 aliphatic heterocycles. The molecule has 21 heavy (non-hydrogen) atoms. The van der Waals surface area contributed by atoms with Crippen molar-refractivity contribution in [1.29, 1.82) is 0 Å². The molecule has 1 fully saturated rings. The summed E-state index contributed by atoms with van der Waals surface area (Å²) in [5, 5.41) is 5.80. The highest BCUT2D eigenvalue weighted by Crippen LogP contribution is 2.22. The summed E-state index contributed by atoms with van der Waals surface area (Å²) in [7, 11) is 2.18. The molecule has 0 bridgehead atoms. The molecule has 112 valence electrons. The number of nitrogens with zero attached hydrogens (tertiary/aromatic N) is 1. The van der Waals surface area contributed by atoms with Gasteiger partial charge in [0.25, 0.3) is 0 Å². The number of rotatable bonds is 7. The quantitative estimate of drug-likeness (QED) is 0.783. The van der Waals surface area contributed by atoms with E-state index in [1.165, 1.54) is 33.3 Å². The second-order valence-corrected chi connectivity index (χ2v) is 8.20. The van der Waals surface area contributed by atoms with Crippen molar-refractivity contribution < 1.29 is 0 Å². The molecule has 0 amide bonds. The van der Waals surface area contributed by atoms with Crippen molar-refractivity contribution in [3.63, 3.8) is 0 Å². The summed E-state index contributed by atoms with van der Waals surface area (Å²) in [4.78, 5) is 2.36. The van der Waals surface area contributed by atoms with Crippen LogP contribution in [0.1, 0.15) is 29.5 Å². The van der Waals surface area contributed by atoms with Crippen molar-refractivity contribution in [2.75, 3.05) is 7.05 Å². The van der Waals surface area contributed by atoms with Gasteiger partial charge in [0, 0.05) is 25.7 Å². The van der Waals surface area contributed by atoms with Crippen LogP contribution in [0.15, 0.2) is 39.5 Å². The predicted molar refractivity (Wildman–Crippen MR) is 93.5 cm³/mol. The first-order chi connectivity index (χ1) is 10.2. The fraction of sp³-hybridized carbons (Fsp3) is 0.412. The van der Waals surface area contributed by atoms with Crippen molar-refractivity contribution in [3.05, 3.63) is 56.2 Å². The maximum absolute atomic E-state index is 3.58. The number of halogens is 1. The average Bonchev–Trinajstić information content (AvgIpc) is 3.20. The second kappa shape index (κ2) is 7.05. The fourth-order valence-electron chi connectivity index (χ4n) is 2.50. The van der Waals surface area contributed by atoms with Crippen LogP contribution in [0.2, 0.25) is 0 Å². The minimum atomic E-state index is 0.772. The molecule has 1 aliphatic carbocycles. The van der Waals surface area contributed by atoms with Gasteiger partial charge >= 0.3 is 0 Å². The minimum absolute atomic E-state index is 0.772. The Morgan fingerprint density at radius 3 is 2.67 bits per heavy atom. The Balaban J connectivity index is 1.54. The summed E-state index contributed by atoms with van der Waals surface area (Å²) in [6.07, 6.45) is 2.69. The predicted octanol–water partition coefficient (Wildman–Crippen LogP) is 4.39. The first kappa shape index (κ1) is 15.2. The Labute approximate surface area is 139 Å². The van der Waals surface area contributed by atoms with E-state index in [1.54, 1.807) is 11.3 Å². The summed E-state index contributed by atoms with van der Waals surface area (Å²) in [5.41, 5.74) is 4.16. The van der Waals surface area contributed by atoms with Gasteiger partial charge < -0.3 is 5.32 Å². The Hall–Kier alpha value is -0.680. The van der Waals surface area contributed by atoms with Gasteiger partial charge in [-0.25, -0.2) is 0 Å². The van der Waals surface area contributed by atoms with E-state index in [0.29, 0.717) is 0 Å². The summed E-state index contributed by atoms with van der Waals surface area (Å²) in [6.45, 7) is 2.98. The lowest BCUT2D eigenvalue weighted by Crippen LogP contribution is -2.18. The summed E-state index contributed by atoms with van der Waals surface area (Å²) in [5.74, 6) is 0. The largest absolute Gasteiger partial charge is 0.310 e. The monoisotopic (exact) mass is 364 g/mol. The Morgan fingerprint density at radius 1 is 1.19 bits per heavy atom. The van der Waals surface area contributed by atoms with Crippen LogP contribution in [0, 0.1) is 0 Å². The molecule has 1 aromatic heterocycles.